The zero-order valence-corrected chi connectivity index (χ0v) is 16.3. The van der Waals surface area contributed by atoms with Gasteiger partial charge in [0.15, 0.2) is 14.0 Å². The largest absolute Gasteiger partial charge is 0.490 e. The van der Waals surface area contributed by atoms with E-state index in [2.05, 4.69) is 38.7 Å². The molecule has 3 rings (SSSR count). The summed E-state index contributed by atoms with van der Waals surface area (Å²) in [6, 6.07) is 4.88. The summed E-state index contributed by atoms with van der Waals surface area (Å²) in [4.78, 5) is 17.4. The number of cyclic esters (lactones) is 1. The van der Waals surface area contributed by atoms with Gasteiger partial charge < -0.3 is 13.9 Å². The molecule has 0 N–H and O–H groups in total. The lowest BCUT2D eigenvalue weighted by Crippen LogP contribution is -2.48. The number of hydrogen-bond donors (Lipinski definition) is 0. The average Bonchev–Trinajstić information content (AvgIpc) is 2.88. The van der Waals surface area contributed by atoms with E-state index < -0.39 is 8.32 Å². The number of benzene rings is 1. The normalized spacial score (nSPS) is 22.6. The highest BCUT2D eigenvalue weighted by Crippen LogP contribution is 2.42. The van der Waals surface area contributed by atoms with Crippen LogP contribution in [-0.2, 0) is 9.16 Å². The Morgan fingerprint density at radius 3 is 2.76 bits per heavy atom. The van der Waals surface area contributed by atoms with E-state index in [1.165, 1.54) is 0 Å². The summed E-state index contributed by atoms with van der Waals surface area (Å²) >= 11 is 0. The molecule has 1 aromatic rings. The molecule has 1 fully saturated rings. The van der Waals surface area contributed by atoms with E-state index in [-0.39, 0.29) is 23.3 Å². The molecule has 2 heterocycles. The molecule has 0 saturated carbocycles. The van der Waals surface area contributed by atoms with Crippen LogP contribution in [0.25, 0.3) is 4.85 Å². The van der Waals surface area contributed by atoms with Gasteiger partial charge in [0.2, 0.25) is 0 Å². The van der Waals surface area contributed by atoms with Crippen LogP contribution in [0.1, 0.15) is 20.8 Å². The molecular weight excluding hydrogens is 336 g/mol. The maximum Gasteiger partial charge on any atom is 0.415 e. The third-order valence-electron chi connectivity index (χ3n) is 5.37. The third kappa shape index (κ3) is 3.12. The number of amides is 1. The van der Waals surface area contributed by atoms with Gasteiger partial charge in [0.1, 0.15) is 24.5 Å². The van der Waals surface area contributed by atoms with Gasteiger partial charge in [-0.15, -0.1) is 0 Å². The molecule has 2 aliphatic heterocycles. The first-order valence-electron chi connectivity index (χ1n) is 8.42. The first-order valence-corrected chi connectivity index (χ1v) is 11.3. The van der Waals surface area contributed by atoms with Crippen molar-refractivity contribution < 1.29 is 18.7 Å². The smallest absolute Gasteiger partial charge is 0.415 e. The first kappa shape index (κ1) is 17.8. The third-order valence-corrected chi connectivity index (χ3v) is 9.87. The average molecular weight is 360 g/mol. The minimum Gasteiger partial charge on any atom is -0.490 e. The van der Waals surface area contributed by atoms with E-state index in [1.807, 2.05) is 0 Å². The molecule has 2 aliphatic rings. The van der Waals surface area contributed by atoms with Gasteiger partial charge in [-0.3, -0.25) is 4.90 Å². The maximum absolute atomic E-state index is 12.4. The van der Waals surface area contributed by atoms with Gasteiger partial charge in [-0.05, 0) is 30.3 Å². The van der Waals surface area contributed by atoms with Crippen molar-refractivity contribution >= 4 is 25.8 Å². The van der Waals surface area contributed by atoms with E-state index in [0.717, 1.165) is 0 Å². The van der Waals surface area contributed by atoms with Crippen molar-refractivity contribution in [3.8, 4) is 5.75 Å². The molecule has 7 heteroatoms. The van der Waals surface area contributed by atoms with E-state index in [0.29, 0.717) is 30.3 Å². The Kier molecular flexibility index (Phi) is 4.29. The Morgan fingerprint density at radius 2 is 2.12 bits per heavy atom. The number of carbonyl (C=O) groups excluding carboxylic acids is 1. The Bertz CT molecular complexity index is 736. The van der Waals surface area contributed by atoms with Crippen LogP contribution in [0.15, 0.2) is 18.2 Å². The summed E-state index contributed by atoms with van der Waals surface area (Å²) in [5.41, 5.74) is 1.14. The molecule has 0 aliphatic carbocycles. The Hall–Kier alpha value is -2.04. The Labute approximate surface area is 149 Å². The molecule has 0 aromatic heterocycles. The minimum absolute atomic E-state index is 0.0983. The standard InChI is InChI=1S/C18H24N2O4Si/c1-18(2,3)25(5,6)23-11-16-14-10-22-15-9-12(19-4)7-8-13(15)20(14)17(21)24-16/h7-9,14,16H,10-11H2,1-3,5-6H3/t14-,16-/m0/s1. The number of anilines is 1. The second kappa shape index (κ2) is 6.04. The minimum atomic E-state index is -1.92. The number of carbonyl (C=O) groups is 1. The molecule has 2 atom stereocenters. The number of ether oxygens (including phenoxy) is 2. The lowest BCUT2D eigenvalue weighted by molar-refractivity contribution is 0.0770. The fourth-order valence-corrected chi connectivity index (χ4v) is 3.75. The number of rotatable bonds is 3. The van der Waals surface area contributed by atoms with Gasteiger partial charge in [-0.1, -0.05) is 26.8 Å². The zero-order valence-electron chi connectivity index (χ0n) is 15.3. The summed E-state index contributed by atoms with van der Waals surface area (Å²) < 4.78 is 17.6. The molecule has 0 spiro atoms. The molecule has 0 bridgehead atoms. The predicted molar refractivity (Wildman–Crippen MR) is 97.9 cm³/mol. The first-order chi connectivity index (χ1) is 11.6. The van der Waals surface area contributed by atoms with Crippen LogP contribution in [0.5, 0.6) is 5.75 Å². The summed E-state index contributed by atoms with van der Waals surface area (Å²) in [7, 11) is -1.92. The van der Waals surface area contributed by atoms with E-state index in [1.54, 1.807) is 23.1 Å². The molecule has 134 valence electrons. The Balaban J connectivity index is 1.78. The highest BCUT2D eigenvalue weighted by atomic mass is 28.4. The summed E-state index contributed by atoms with van der Waals surface area (Å²) in [6.45, 7) is 18.7. The Morgan fingerprint density at radius 1 is 1.40 bits per heavy atom. The van der Waals surface area contributed by atoms with Crippen LogP contribution in [0, 0.1) is 6.57 Å². The van der Waals surface area contributed by atoms with Crippen molar-refractivity contribution in [1.29, 1.82) is 0 Å². The van der Waals surface area contributed by atoms with Crippen LogP contribution in [0.2, 0.25) is 18.1 Å². The van der Waals surface area contributed by atoms with E-state index >= 15 is 0 Å². The second-order valence-electron chi connectivity index (χ2n) is 8.01. The molecular formula is C18H24N2O4Si. The van der Waals surface area contributed by atoms with Gasteiger partial charge in [-0.25, -0.2) is 9.64 Å². The summed E-state index contributed by atoms with van der Waals surface area (Å²) in [5.74, 6) is 0.549. The molecule has 1 aromatic carbocycles. The van der Waals surface area contributed by atoms with Crippen molar-refractivity contribution in [3.05, 3.63) is 29.6 Å². The summed E-state index contributed by atoms with van der Waals surface area (Å²) in [6.07, 6.45) is -0.732. The number of nitrogens with zero attached hydrogens (tertiary/aromatic N) is 2. The van der Waals surface area contributed by atoms with E-state index in [9.17, 15) is 4.79 Å². The number of fused-ring (bicyclic) bond motifs is 3. The summed E-state index contributed by atoms with van der Waals surface area (Å²) in [5, 5.41) is 0.0983. The SMILES string of the molecule is [C-]#[N+]c1ccc2c(c1)OC[C@H]1[C@H](CO[Si](C)(C)C(C)(C)C)OC(=O)N21. The van der Waals surface area contributed by atoms with Crippen LogP contribution in [0.3, 0.4) is 0 Å². The molecule has 25 heavy (non-hydrogen) atoms. The predicted octanol–water partition coefficient (Wildman–Crippen LogP) is 4.35. The monoisotopic (exact) mass is 360 g/mol. The van der Waals surface area contributed by atoms with Crippen LogP contribution >= 0.6 is 0 Å². The maximum atomic E-state index is 12.4. The quantitative estimate of drug-likeness (QED) is 0.594. The van der Waals surface area contributed by atoms with Crippen LogP contribution < -0.4 is 9.64 Å². The van der Waals surface area contributed by atoms with Crippen molar-refractivity contribution in [2.75, 3.05) is 18.1 Å². The molecule has 1 saturated heterocycles. The zero-order chi connectivity index (χ0) is 18.4. The molecule has 1 amide bonds. The van der Waals surface area contributed by atoms with E-state index in [4.69, 9.17) is 20.5 Å². The van der Waals surface area contributed by atoms with Gasteiger partial charge in [0.25, 0.3) is 0 Å². The fourth-order valence-electron chi connectivity index (χ4n) is 2.74. The van der Waals surface area contributed by atoms with Crippen LogP contribution in [0.4, 0.5) is 16.2 Å². The van der Waals surface area contributed by atoms with Gasteiger partial charge in [0, 0.05) is 0 Å². The fraction of sp³-hybridized carbons (Fsp3) is 0.556. The molecule has 6 nitrogen and oxygen atoms in total. The number of hydrogen-bond acceptors (Lipinski definition) is 4. The molecule has 0 radical (unpaired) electrons. The van der Waals surface area contributed by atoms with Gasteiger partial charge >= 0.3 is 6.09 Å². The van der Waals surface area contributed by atoms with Crippen molar-refractivity contribution in [2.24, 2.45) is 0 Å². The second-order valence-corrected chi connectivity index (χ2v) is 12.8. The lowest BCUT2D eigenvalue weighted by atomic mass is 10.1. The molecule has 0 unspecified atom stereocenters. The highest BCUT2D eigenvalue weighted by Gasteiger charge is 2.48. The van der Waals surface area contributed by atoms with Crippen LogP contribution in [-0.4, -0.2) is 39.8 Å². The van der Waals surface area contributed by atoms with Crippen molar-refractivity contribution in [2.45, 2.75) is 51.0 Å². The van der Waals surface area contributed by atoms with Gasteiger partial charge in [-0.2, -0.15) is 0 Å². The van der Waals surface area contributed by atoms with Crippen molar-refractivity contribution in [1.82, 2.24) is 0 Å². The highest BCUT2D eigenvalue weighted by molar-refractivity contribution is 6.74. The topological polar surface area (TPSA) is 52.4 Å². The van der Waals surface area contributed by atoms with Gasteiger partial charge in [0.05, 0.1) is 18.9 Å². The van der Waals surface area contributed by atoms with Crippen molar-refractivity contribution in [3.63, 3.8) is 0 Å². The lowest BCUT2D eigenvalue weighted by Gasteiger charge is -2.37.